The lowest BCUT2D eigenvalue weighted by Crippen LogP contribution is -2.27. The predicted molar refractivity (Wildman–Crippen MR) is 100 cm³/mol. The normalized spacial score (nSPS) is 10.5. The minimum absolute atomic E-state index is 0.237. The van der Waals surface area contributed by atoms with Crippen molar-refractivity contribution in [2.75, 3.05) is 11.9 Å². The van der Waals surface area contributed by atoms with E-state index in [9.17, 15) is 4.79 Å². The number of furan rings is 1. The summed E-state index contributed by atoms with van der Waals surface area (Å²) in [6, 6.07) is 12.9. The van der Waals surface area contributed by atoms with E-state index < -0.39 is 0 Å². The number of rotatable bonds is 7. The molecule has 2 N–H and O–H groups in total. The third-order valence-corrected chi connectivity index (χ3v) is 3.91. The van der Waals surface area contributed by atoms with Crippen molar-refractivity contribution < 1.29 is 9.21 Å². The van der Waals surface area contributed by atoms with Crippen LogP contribution in [0.4, 0.5) is 5.95 Å². The molecule has 0 fully saturated rings. The minimum atomic E-state index is -0.237. The van der Waals surface area contributed by atoms with Gasteiger partial charge in [0.15, 0.2) is 0 Å². The summed E-state index contributed by atoms with van der Waals surface area (Å²) in [5.74, 6) is 0.919. The van der Waals surface area contributed by atoms with Gasteiger partial charge in [-0.05, 0) is 49.2 Å². The van der Waals surface area contributed by atoms with E-state index in [2.05, 4.69) is 20.6 Å². The first-order chi connectivity index (χ1) is 12.6. The van der Waals surface area contributed by atoms with Crippen molar-refractivity contribution in [3.05, 3.63) is 76.5 Å². The number of benzene rings is 1. The number of aryl methyl sites for hydroxylation is 1. The molecular weight excluding hydrogens is 352 g/mol. The van der Waals surface area contributed by atoms with Crippen LogP contribution >= 0.6 is 11.6 Å². The number of nitrogens with zero attached hydrogens (tertiary/aromatic N) is 2. The molecule has 0 unspecified atom stereocenters. The molecule has 134 valence electrons. The smallest absolute Gasteiger partial charge is 0.270 e. The van der Waals surface area contributed by atoms with Crippen LogP contribution in [0.1, 0.15) is 27.5 Å². The lowest BCUT2D eigenvalue weighted by Gasteiger charge is -2.08. The highest BCUT2D eigenvalue weighted by molar-refractivity contribution is 6.30. The van der Waals surface area contributed by atoms with Crippen molar-refractivity contribution in [2.24, 2.45) is 0 Å². The molecule has 1 amide bonds. The van der Waals surface area contributed by atoms with Gasteiger partial charge in [0.2, 0.25) is 5.95 Å². The Morgan fingerprint density at radius 2 is 2.08 bits per heavy atom. The fourth-order valence-electron chi connectivity index (χ4n) is 2.45. The number of hydrogen-bond acceptors (Lipinski definition) is 5. The van der Waals surface area contributed by atoms with Gasteiger partial charge in [-0.2, -0.15) is 0 Å². The van der Waals surface area contributed by atoms with E-state index >= 15 is 0 Å². The van der Waals surface area contributed by atoms with Gasteiger partial charge in [-0.1, -0.05) is 23.7 Å². The van der Waals surface area contributed by atoms with Gasteiger partial charge in [0.25, 0.3) is 5.91 Å². The topological polar surface area (TPSA) is 80.0 Å². The first-order valence-electron chi connectivity index (χ1n) is 8.25. The molecule has 3 aromatic rings. The molecule has 7 heteroatoms. The van der Waals surface area contributed by atoms with Crippen LogP contribution in [0.15, 0.2) is 53.1 Å². The zero-order chi connectivity index (χ0) is 18.4. The summed E-state index contributed by atoms with van der Waals surface area (Å²) < 4.78 is 5.26. The van der Waals surface area contributed by atoms with Crippen molar-refractivity contribution in [3.8, 4) is 0 Å². The highest BCUT2D eigenvalue weighted by Gasteiger charge is 2.10. The Kier molecular flexibility index (Phi) is 5.86. The molecule has 0 saturated heterocycles. The maximum atomic E-state index is 12.4. The highest BCUT2D eigenvalue weighted by Crippen LogP contribution is 2.11. The predicted octanol–water partition coefficient (Wildman–Crippen LogP) is 3.62. The molecule has 1 aromatic carbocycles. The molecule has 0 spiro atoms. The van der Waals surface area contributed by atoms with E-state index in [1.165, 1.54) is 0 Å². The number of nitrogens with one attached hydrogen (secondary N) is 2. The second kappa shape index (κ2) is 8.49. The van der Waals surface area contributed by atoms with Crippen LogP contribution in [0, 0.1) is 6.92 Å². The Hall–Kier alpha value is -2.86. The third-order valence-electron chi connectivity index (χ3n) is 3.68. The molecule has 0 atom stereocenters. The van der Waals surface area contributed by atoms with E-state index in [1.54, 1.807) is 12.3 Å². The molecule has 6 nitrogen and oxygen atoms in total. The quantitative estimate of drug-likeness (QED) is 0.664. The Balaban J connectivity index is 1.57. The molecule has 0 aliphatic heterocycles. The number of anilines is 1. The van der Waals surface area contributed by atoms with Crippen LogP contribution in [0.2, 0.25) is 5.02 Å². The summed E-state index contributed by atoms with van der Waals surface area (Å²) in [6.07, 6.45) is 2.30. The maximum absolute atomic E-state index is 12.4. The zero-order valence-corrected chi connectivity index (χ0v) is 15.1. The second-order valence-corrected chi connectivity index (χ2v) is 6.22. The Morgan fingerprint density at radius 3 is 2.85 bits per heavy atom. The monoisotopic (exact) mass is 370 g/mol. The fourth-order valence-corrected chi connectivity index (χ4v) is 2.66. The molecule has 26 heavy (non-hydrogen) atoms. The van der Waals surface area contributed by atoms with Gasteiger partial charge < -0.3 is 15.1 Å². The SMILES string of the molecule is Cc1cc(C(=O)NCCc2cccc(Cl)c2)nc(NCc2ccco2)n1. The van der Waals surface area contributed by atoms with E-state index in [4.69, 9.17) is 16.0 Å². The van der Waals surface area contributed by atoms with Gasteiger partial charge in [0.05, 0.1) is 12.8 Å². The molecule has 3 rings (SSSR count). The molecule has 2 aromatic heterocycles. The number of hydrogen-bond donors (Lipinski definition) is 2. The molecule has 0 aliphatic rings. The summed E-state index contributed by atoms with van der Waals surface area (Å²) in [7, 11) is 0. The number of aromatic nitrogens is 2. The van der Waals surface area contributed by atoms with Crippen molar-refractivity contribution in [1.29, 1.82) is 0 Å². The lowest BCUT2D eigenvalue weighted by atomic mass is 10.1. The largest absolute Gasteiger partial charge is 0.467 e. The Morgan fingerprint density at radius 1 is 1.19 bits per heavy atom. The van der Waals surface area contributed by atoms with Crippen LogP contribution in [-0.4, -0.2) is 22.4 Å². The average molecular weight is 371 g/mol. The molecular formula is C19H19ClN4O2. The second-order valence-electron chi connectivity index (χ2n) is 5.79. The highest BCUT2D eigenvalue weighted by atomic mass is 35.5. The van der Waals surface area contributed by atoms with Crippen molar-refractivity contribution in [1.82, 2.24) is 15.3 Å². The number of halogens is 1. The Labute approximate surface area is 156 Å². The first-order valence-corrected chi connectivity index (χ1v) is 8.62. The fraction of sp³-hybridized carbons (Fsp3) is 0.211. The summed E-state index contributed by atoms with van der Waals surface area (Å²) in [5.41, 5.74) is 2.10. The van der Waals surface area contributed by atoms with Gasteiger partial charge >= 0.3 is 0 Å². The molecule has 0 bridgehead atoms. The van der Waals surface area contributed by atoms with Crippen molar-refractivity contribution in [3.63, 3.8) is 0 Å². The lowest BCUT2D eigenvalue weighted by molar-refractivity contribution is 0.0949. The van der Waals surface area contributed by atoms with Crippen LogP contribution in [-0.2, 0) is 13.0 Å². The summed E-state index contributed by atoms with van der Waals surface area (Å²) in [6.45, 7) is 2.77. The van der Waals surface area contributed by atoms with Gasteiger partial charge in [-0.3, -0.25) is 4.79 Å². The molecule has 0 aliphatic carbocycles. The molecule has 2 heterocycles. The van der Waals surface area contributed by atoms with Gasteiger partial charge in [-0.25, -0.2) is 9.97 Å². The van der Waals surface area contributed by atoms with E-state index in [-0.39, 0.29) is 5.91 Å². The maximum Gasteiger partial charge on any atom is 0.270 e. The summed E-state index contributed by atoms with van der Waals surface area (Å²) in [4.78, 5) is 20.9. The number of amides is 1. The van der Waals surface area contributed by atoms with E-state index in [1.807, 2.05) is 43.3 Å². The van der Waals surface area contributed by atoms with Gasteiger partial charge in [0.1, 0.15) is 11.5 Å². The van der Waals surface area contributed by atoms with Crippen LogP contribution in [0.5, 0.6) is 0 Å². The third kappa shape index (κ3) is 5.07. The Bertz CT molecular complexity index is 881. The molecule has 0 radical (unpaired) electrons. The van der Waals surface area contributed by atoms with Crippen molar-refractivity contribution in [2.45, 2.75) is 19.9 Å². The number of carbonyl (C=O) groups excluding carboxylic acids is 1. The molecule has 0 saturated carbocycles. The summed E-state index contributed by atoms with van der Waals surface area (Å²) >= 11 is 5.97. The van der Waals surface area contributed by atoms with Gasteiger partial charge in [0, 0.05) is 17.3 Å². The van der Waals surface area contributed by atoms with E-state index in [0.717, 1.165) is 11.3 Å². The standard InChI is InChI=1S/C19H19ClN4O2/c1-13-10-17(24-19(23-13)22-12-16-6-3-9-26-16)18(25)21-8-7-14-4-2-5-15(20)11-14/h2-6,9-11H,7-8,12H2,1H3,(H,21,25)(H,22,23,24). The van der Waals surface area contributed by atoms with E-state index in [0.29, 0.717) is 41.9 Å². The minimum Gasteiger partial charge on any atom is -0.467 e. The van der Waals surface area contributed by atoms with Crippen molar-refractivity contribution >= 4 is 23.5 Å². The zero-order valence-electron chi connectivity index (χ0n) is 14.3. The van der Waals surface area contributed by atoms with Crippen LogP contribution in [0.3, 0.4) is 0 Å². The van der Waals surface area contributed by atoms with Gasteiger partial charge in [-0.15, -0.1) is 0 Å². The van der Waals surface area contributed by atoms with Crippen LogP contribution < -0.4 is 10.6 Å². The number of carbonyl (C=O) groups is 1. The summed E-state index contributed by atoms with van der Waals surface area (Å²) in [5, 5.41) is 6.62. The van der Waals surface area contributed by atoms with Crippen LogP contribution in [0.25, 0.3) is 0 Å². The first kappa shape index (κ1) is 17.9. The average Bonchev–Trinajstić information content (AvgIpc) is 3.13.